The van der Waals surface area contributed by atoms with E-state index in [0.717, 1.165) is 16.7 Å². The fraction of sp³-hybridized carbons (Fsp3) is 0.409. The van der Waals surface area contributed by atoms with Gasteiger partial charge >= 0.3 is 0 Å². The van der Waals surface area contributed by atoms with Crippen molar-refractivity contribution in [3.63, 3.8) is 0 Å². The van der Waals surface area contributed by atoms with Gasteiger partial charge in [0.25, 0.3) is 0 Å². The van der Waals surface area contributed by atoms with Crippen LogP contribution >= 0.6 is 0 Å². The van der Waals surface area contributed by atoms with Gasteiger partial charge in [-0.1, -0.05) is 43.3 Å². The van der Waals surface area contributed by atoms with Crippen LogP contribution in [-0.4, -0.2) is 49.7 Å². The number of aryl methyl sites for hydroxylation is 2. The van der Waals surface area contributed by atoms with E-state index >= 15 is 0 Å². The Labute approximate surface area is 168 Å². The van der Waals surface area contributed by atoms with E-state index in [0.29, 0.717) is 37.5 Å². The van der Waals surface area contributed by atoms with Crippen LogP contribution in [-0.2, 0) is 14.8 Å². The van der Waals surface area contributed by atoms with Crippen molar-refractivity contribution in [2.45, 2.75) is 38.0 Å². The van der Waals surface area contributed by atoms with Crippen molar-refractivity contribution in [3.8, 4) is 0 Å². The first-order chi connectivity index (χ1) is 13.3. The molecule has 5 nitrogen and oxygen atoms in total. The summed E-state index contributed by atoms with van der Waals surface area (Å²) in [6.07, 6.45) is 0.438. The maximum Gasteiger partial charge on any atom is 0.243 e. The number of benzene rings is 2. The summed E-state index contributed by atoms with van der Waals surface area (Å²) in [5.41, 5.74) is 3.18. The van der Waals surface area contributed by atoms with Crippen LogP contribution in [0, 0.1) is 13.8 Å². The number of carbonyl (C=O) groups excluding carboxylic acids is 1. The Balaban J connectivity index is 1.60. The maximum atomic E-state index is 12.9. The third-order valence-electron chi connectivity index (χ3n) is 5.56. The van der Waals surface area contributed by atoms with Crippen LogP contribution in [0.15, 0.2) is 53.4 Å². The van der Waals surface area contributed by atoms with Gasteiger partial charge < -0.3 is 4.90 Å². The highest BCUT2D eigenvalue weighted by atomic mass is 32.2. The molecule has 1 unspecified atom stereocenters. The second-order valence-electron chi connectivity index (χ2n) is 7.55. The van der Waals surface area contributed by atoms with Gasteiger partial charge in [-0.25, -0.2) is 8.42 Å². The molecule has 1 fully saturated rings. The average molecular weight is 401 g/mol. The Kier molecular flexibility index (Phi) is 6.20. The number of hydrogen-bond acceptors (Lipinski definition) is 3. The second-order valence-corrected chi connectivity index (χ2v) is 9.48. The van der Waals surface area contributed by atoms with Gasteiger partial charge in [0, 0.05) is 32.6 Å². The van der Waals surface area contributed by atoms with Crippen LogP contribution < -0.4 is 0 Å². The average Bonchev–Trinajstić information content (AvgIpc) is 2.70. The number of nitrogens with zero attached hydrogens (tertiary/aromatic N) is 2. The molecule has 0 bridgehead atoms. The Morgan fingerprint density at radius 3 is 2.21 bits per heavy atom. The molecule has 1 amide bonds. The fourth-order valence-corrected chi connectivity index (χ4v) is 5.00. The molecule has 1 aliphatic heterocycles. The highest BCUT2D eigenvalue weighted by Gasteiger charge is 2.30. The molecule has 1 aliphatic rings. The Hall–Kier alpha value is -2.18. The van der Waals surface area contributed by atoms with E-state index < -0.39 is 10.0 Å². The maximum absolute atomic E-state index is 12.9. The SMILES string of the molecule is Cc1ccc(S(=O)(=O)N2CCN(C(=O)CC(C)c3ccccc3)CC2)cc1C. The first-order valence-electron chi connectivity index (χ1n) is 9.69. The largest absolute Gasteiger partial charge is 0.340 e. The zero-order chi connectivity index (χ0) is 20.3. The zero-order valence-electron chi connectivity index (χ0n) is 16.8. The van der Waals surface area contributed by atoms with Gasteiger partial charge in [0.1, 0.15) is 0 Å². The molecule has 1 heterocycles. The minimum Gasteiger partial charge on any atom is -0.340 e. The van der Waals surface area contributed by atoms with Gasteiger partial charge in [0.2, 0.25) is 15.9 Å². The molecule has 1 atom stereocenters. The van der Waals surface area contributed by atoms with Gasteiger partial charge in [-0.3, -0.25) is 4.79 Å². The van der Waals surface area contributed by atoms with Crippen molar-refractivity contribution < 1.29 is 13.2 Å². The third-order valence-corrected chi connectivity index (χ3v) is 7.45. The minimum atomic E-state index is -3.52. The number of piperazine rings is 1. The molecular weight excluding hydrogens is 372 g/mol. The highest BCUT2D eigenvalue weighted by molar-refractivity contribution is 7.89. The molecule has 6 heteroatoms. The molecule has 0 spiro atoms. The highest BCUT2D eigenvalue weighted by Crippen LogP contribution is 2.23. The lowest BCUT2D eigenvalue weighted by atomic mass is 9.97. The first kappa shape index (κ1) is 20.6. The normalized spacial score (nSPS) is 16.8. The monoisotopic (exact) mass is 400 g/mol. The first-order valence-corrected chi connectivity index (χ1v) is 11.1. The molecule has 0 aromatic heterocycles. The van der Waals surface area contributed by atoms with Crippen molar-refractivity contribution in [1.82, 2.24) is 9.21 Å². The lowest BCUT2D eigenvalue weighted by molar-refractivity contribution is -0.132. The summed E-state index contributed by atoms with van der Waals surface area (Å²) in [7, 11) is -3.52. The molecule has 150 valence electrons. The van der Waals surface area contributed by atoms with E-state index in [1.54, 1.807) is 17.0 Å². The molecule has 2 aromatic carbocycles. The van der Waals surface area contributed by atoms with E-state index in [4.69, 9.17) is 0 Å². The number of hydrogen-bond donors (Lipinski definition) is 0. The number of amides is 1. The van der Waals surface area contributed by atoms with Crippen LogP contribution in [0.25, 0.3) is 0 Å². The van der Waals surface area contributed by atoms with E-state index in [9.17, 15) is 13.2 Å². The molecular formula is C22H28N2O3S. The van der Waals surface area contributed by atoms with Crippen LogP contribution in [0.4, 0.5) is 0 Å². The molecule has 0 aliphatic carbocycles. The predicted molar refractivity (Wildman–Crippen MR) is 111 cm³/mol. The lowest BCUT2D eigenvalue weighted by Crippen LogP contribution is -2.50. The van der Waals surface area contributed by atoms with E-state index in [1.165, 1.54) is 4.31 Å². The summed E-state index contributed by atoms with van der Waals surface area (Å²) in [5, 5.41) is 0. The summed E-state index contributed by atoms with van der Waals surface area (Å²) < 4.78 is 27.3. The minimum absolute atomic E-state index is 0.0829. The number of sulfonamides is 1. The topological polar surface area (TPSA) is 57.7 Å². The van der Waals surface area contributed by atoms with E-state index in [-0.39, 0.29) is 11.8 Å². The van der Waals surface area contributed by atoms with Gasteiger partial charge in [-0.15, -0.1) is 0 Å². The molecule has 0 radical (unpaired) electrons. The molecule has 3 rings (SSSR count). The Morgan fingerprint density at radius 2 is 1.61 bits per heavy atom. The van der Waals surface area contributed by atoms with E-state index in [1.807, 2.05) is 57.2 Å². The Morgan fingerprint density at radius 1 is 0.964 bits per heavy atom. The lowest BCUT2D eigenvalue weighted by Gasteiger charge is -2.34. The molecule has 1 saturated heterocycles. The van der Waals surface area contributed by atoms with Gasteiger partial charge in [-0.2, -0.15) is 4.31 Å². The number of rotatable bonds is 5. The third kappa shape index (κ3) is 4.45. The number of carbonyl (C=O) groups is 1. The molecule has 2 aromatic rings. The standard InChI is InChI=1S/C22H28N2O3S/c1-17-9-10-21(15-18(17)2)28(26,27)24-13-11-23(12-14-24)22(25)16-19(3)20-7-5-4-6-8-20/h4-10,15,19H,11-14,16H2,1-3H3. The van der Waals surface area contributed by atoms with Crippen LogP contribution in [0.2, 0.25) is 0 Å². The quantitative estimate of drug-likeness (QED) is 0.774. The van der Waals surface area contributed by atoms with Gasteiger partial charge in [0.15, 0.2) is 0 Å². The second kappa shape index (κ2) is 8.45. The Bertz CT molecular complexity index is 934. The molecule has 0 saturated carbocycles. The van der Waals surface area contributed by atoms with Crippen LogP contribution in [0.1, 0.15) is 36.0 Å². The van der Waals surface area contributed by atoms with Crippen molar-refractivity contribution in [1.29, 1.82) is 0 Å². The van der Waals surface area contributed by atoms with Gasteiger partial charge in [-0.05, 0) is 48.6 Å². The predicted octanol–water partition coefficient (Wildman–Crippen LogP) is 3.33. The van der Waals surface area contributed by atoms with Crippen molar-refractivity contribution in [2.75, 3.05) is 26.2 Å². The fourth-order valence-electron chi connectivity index (χ4n) is 3.49. The zero-order valence-corrected chi connectivity index (χ0v) is 17.6. The van der Waals surface area contributed by atoms with Crippen molar-refractivity contribution in [3.05, 3.63) is 65.2 Å². The van der Waals surface area contributed by atoms with Crippen molar-refractivity contribution >= 4 is 15.9 Å². The summed E-state index contributed by atoms with van der Waals surface area (Å²) in [6, 6.07) is 15.2. The summed E-state index contributed by atoms with van der Waals surface area (Å²) in [4.78, 5) is 14.8. The summed E-state index contributed by atoms with van der Waals surface area (Å²) in [6.45, 7) is 7.47. The smallest absolute Gasteiger partial charge is 0.243 e. The molecule has 0 N–H and O–H groups in total. The van der Waals surface area contributed by atoms with Crippen LogP contribution in [0.3, 0.4) is 0 Å². The summed E-state index contributed by atoms with van der Waals surface area (Å²) in [5.74, 6) is 0.227. The summed E-state index contributed by atoms with van der Waals surface area (Å²) >= 11 is 0. The van der Waals surface area contributed by atoms with Crippen molar-refractivity contribution in [2.24, 2.45) is 0 Å². The molecule has 28 heavy (non-hydrogen) atoms. The van der Waals surface area contributed by atoms with Gasteiger partial charge in [0.05, 0.1) is 4.90 Å². The van der Waals surface area contributed by atoms with Crippen LogP contribution in [0.5, 0.6) is 0 Å². The van der Waals surface area contributed by atoms with E-state index in [2.05, 4.69) is 0 Å².